The smallest absolute Gasteiger partial charge is 0.216 e. The summed E-state index contributed by atoms with van der Waals surface area (Å²) in [7, 11) is -3.29. The van der Waals surface area contributed by atoms with E-state index in [-0.39, 0.29) is 12.1 Å². The Morgan fingerprint density at radius 1 is 1.56 bits per heavy atom. The molecule has 0 amide bonds. The largest absolute Gasteiger partial charge is 0.362 e. The molecule has 0 unspecified atom stereocenters. The van der Waals surface area contributed by atoms with Gasteiger partial charge in [-0.15, -0.1) is 6.58 Å². The molecule has 16 heavy (non-hydrogen) atoms. The van der Waals surface area contributed by atoms with Crippen LogP contribution in [0.15, 0.2) is 12.7 Å². The van der Waals surface area contributed by atoms with Gasteiger partial charge in [-0.05, 0) is 32.1 Å². The molecule has 1 fully saturated rings. The third kappa shape index (κ3) is 3.57. The Labute approximate surface area is 98.1 Å². The number of allylic oxidation sites excluding steroid dienone is 1. The minimum Gasteiger partial charge on any atom is -0.362 e. The summed E-state index contributed by atoms with van der Waals surface area (Å²) >= 11 is 0. The van der Waals surface area contributed by atoms with Crippen LogP contribution in [0.25, 0.3) is 0 Å². The molecule has 1 heterocycles. The first-order valence-electron chi connectivity index (χ1n) is 5.71. The lowest BCUT2D eigenvalue weighted by atomic mass is 10.1. The molecule has 1 aliphatic heterocycles. The topological polar surface area (TPSA) is 55.4 Å². The summed E-state index contributed by atoms with van der Waals surface area (Å²) in [5, 5.41) is -0.422. The summed E-state index contributed by atoms with van der Waals surface area (Å²) in [4.78, 5) is 0. The highest BCUT2D eigenvalue weighted by Gasteiger charge is 2.29. The molecule has 1 N–H and O–H groups in total. The van der Waals surface area contributed by atoms with Crippen LogP contribution in [0.4, 0.5) is 0 Å². The highest BCUT2D eigenvalue weighted by Crippen LogP contribution is 2.18. The van der Waals surface area contributed by atoms with Crippen molar-refractivity contribution >= 4 is 10.0 Å². The minimum atomic E-state index is -3.29. The number of hydrogen-bond acceptors (Lipinski definition) is 3. The Balaban J connectivity index is 2.57. The molecule has 0 saturated carbocycles. The standard InChI is InChI=1S/C11H21NO3S/c1-4-6-9(2)10(3)16(13,14)12-11-7-5-8-15-11/h4,9-12H,1,5-8H2,2-3H3/t9-,10+,11+/m1/s1. The van der Waals surface area contributed by atoms with Crippen LogP contribution in [0.2, 0.25) is 0 Å². The maximum Gasteiger partial charge on any atom is 0.216 e. The second-order valence-electron chi connectivity index (χ2n) is 4.37. The molecule has 1 aliphatic rings. The molecule has 0 radical (unpaired) electrons. The van der Waals surface area contributed by atoms with E-state index in [0.29, 0.717) is 13.0 Å². The fourth-order valence-electron chi connectivity index (χ4n) is 1.72. The fraction of sp³-hybridized carbons (Fsp3) is 0.818. The van der Waals surface area contributed by atoms with E-state index in [9.17, 15) is 8.42 Å². The van der Waals surface area contributed by atoms with Crippen molar-refractivity contribution in [3.05, 3.63) is 12.7 Å². The zero-order chi connectivity index (χ0) is 12.2. The summed E-state index contributed by atoms with van der Waals surface area (Å²) in [6.07, 6.45) is 3.81. The summed E-state index contributed by atoms with van der Waals surface area (Å²) in [5.41, 5.74) is 0. The summed E-state index contributed by atoms with van der Waals surface area (Å²) < 4.78 is 31.8. The first-order chi connectivity index (χ1) is 7.47. The third-order valence-corrected chi connectivity index (χ3v) is 5.09. The number of ether oxygens (including phenoxy) is 1. The van der Waals surface area contributed by atoms with Crippen molar-refractivity contribution in [3.8, 4) is 0 Å². The van der Waals surface area contributed by atoms with Crippen LogP contribution in [-0.2, 0) is 14.8 Å². The van der Waals surface area contributed by atoms with Gasteiger partial charge in [0.05, 0.1) is 5.25 Å². The van der Waals surface area contributed by atoms with Gasteiger partial charge in [-0.1, -0.05) is 13.0 Å². The van der Waals surface area contributed by atoms with Crippen LogP contribution in [0.1, 0.15) is 33.1 Å². The Kier molecular flexibility index (Phi) is 4.95. The maximum absolute atomic E-state index is 12.0. The average molecular weight is 247 g/mol. The highest BCUT2D eigenvalue weighted by atomic mass is 32.2. The lowest BCUT2D eigenvalue weighted by Crippen LogP contribution is -2.41. The van der Waals surface area contributed by atoms with Gasteiger partial charge in [-0.3, -0.25) is 0 Å². The summed E-state index contributed by atoms with van der Waals surface area (Å²) in [5.74, 6) is 0.0661. The molecular weight excluding hydrogens is 226 g/mol. The van der Waals surface area contributed by atoms with Crippen LogP contribution in [-0.4, -0.2) is 26.5 Å². The van der Waals surface area contributed by atoms with Gasteiger partial charge in [-0.2, -0.15) is 4.72 Å². The van der Waals surface area contributed by atoms with Gasteiger partial charge in [0.1, 0.15) is 6.23 Å². The van der Waals surface area contributed by atoms with E-state index in [1.54, 1.807) is 13.0 Å². The van der Waals surface area contributed by atoms with E-state index in [1.165, 1.54) is 0 Å². The van der Waals surface area contributed by atoms with Crippen molar-refractivity contribution in [2.45, 2.75) is 44.6 Å². The molecule has 4 nitrogen and oxygen atoms in total. The van der Waals surface area contributed by atoms with Gasteiger partial charge < -0.3 is 4.74 Å². The molecule has 5 heteroatoms. The zero-order valence-electron chi connectivity index (χ0n) is 9.98. The predicted octanol–water partition coefficient (Wildman–Crippen LogP) is 1.64. The average Bonchev–Trinajstić information content (AvgIpc) is 2.68. The van der Waals surface area contributed by atoms with E-state index in [1.807, 2.05) is 6.92 Å². The van der Waals surface area contributed by atoms with E-state index in [2.05, 4.69) is 11.3 Å². The quantitative estimate of drug-likeness (QED) is 0.726. The van der Waals surface area contributed by atoms with Gasteiger partial charge in [-0.25, -0.2) is 8.42 Å². The van der Waals surface area contributed by atoms with Gasteiger partial charge in [0.15, 0.2) is 0 Å². The first kappa shape index (κ1) is 13.7. The molecule has 0 aromatic heterocycles. The van der Waals surface area contributed by atoms with Crippen LogP contribution in [0.3, 0.4) is 0 Å². The zero-order valence-corrected chi connectivity index (χ0v) is 10.8. The Morgan fingerprint density at radius 2 is 2.25 bits per heavy atom. The van der Waals surface area contributed by atoms with E-state index >= 15 is 0 Å². The molecule has 94 valence electrons. The lowest BCUT2D eigenvalue weighted by molar-refractivity contribution is 0.102. The van der Waals surface area contributed by atoms with Crippen LogP contribution in [0.5, 0.6) is 0 Å². The number of hydrogen-bond donors (Lipinski definition) is 1. The molecule has 0 bridgehead atoms. The Bertz CT molecular complexity index is 320. The first-order valence-corrected chi connectivity index (χ1v) is 7.25. The molecule has 0 spiro atoms. The Morgan fingerprint density at radius 3 is 2.75 bits per heavy atom. The third-order valence-electron chi connectivity index (χ3n) is 3.05. The van der Waals surface area contributed by atoms with Gasteiger partial charge in [0.25, 0.3) is 0 Å². The summed E-state index contributed by atoms with van der Waals surface area (Å²) in [6, 6.07) is 0. The van der Waals surface area contributed by atoms with Gasteiger partial charge in [0, 0.05) is 6.61 Å². The van der Waals surface area contributed by atoms with E-state index < -0.39 is 15.3 Å². The minimum absolute atomic E-state index is 0.0661. The molecule has 1 saturated heterocycles. The molecule has 3 atom stereocenters. The molecular formula is C11H21NO3S. The van der Waals surface area contributed by atoms with Gasteiger partial charge in [0.2, 0.25) is 10.0 Å². The van der Waals surface area contributed by atoms with Crippen molar-refractivity contribution in [1.82, 2.24) is 4.72 Å². The SMILES string of the molecule is C=CC[C@@H](C)[C@H](C)S(=O)(=O)N[C@@H]1CCCO1. The molecule has 0 aliphatic carbocycles. The van der Waals surface area contributed by atoms with Gasteiger partial charge >= 0.3 is 0 Å². The fourth-order valence-corrected chi connectivity index (χ4v) is 3.21. The predicted molar refractivity (Wildman–Crippen MR) is 64.5 cm³/mol. The van der Waals surface area contributed by atoms with Crippen molar-refractivity contribution < 1.29 is 13.2 Å². The van der Waals surface area contributed by atoms with Crippen molar-refractivity contribution in [1.29, 1.82) is 0 Å². The highest BCUT2D eigenvalue weighted by molar-refractivity contribution is 7.90. The normalized spacial score (nSPS) is 25.2. The molecule has 0 aromatic carbocycles. The monoisotopic (exact) mass is 247 g/mol. The number of nitrogens with one attached hydrogen (secondary N) is 1. The Hall–Kier alpha value is -0.390. The maximum atomic E-state index is 12.0. The van der Waals surface area contributed by atoms with Crippen LogP contribution >= 0.6 is 0 Å². The van der Waals surface area contributed by atoms with Crippen molar-refractivity contribution in [2.75, 3.05) is 6.61 Å². The van der Waals surface area contributed by atoms with Crippen molar-refractivity contribution in [2.24, 2.45) is 5.92 Å². The number of sulfonamides is 1. The van der Waals surface area contributed by atoms with Crippen LogP contribution in [0, 0.1) is 5.92 Å². The molecule has 0 aromatic rings. The second kappa shape index (κ2) is 5.80. The lowest BCUT2D eigenvalue weighted by Gasteiger charge is -2.21. The molecule has 1 rings (SSSR count). The second-order valence-corrected chi connectivity index (χ2v) is 6.44. The van der Waals surface area contributed by atoms with E-state index in [0.717, 1.165) is 12.8 Å². The van der Waals surface area contributed by atoms with E-state index in [4.69, 9.17) is 4.74 Å². The van der Waals surface area contributed by atoms with Crippen molar-refractivity contribution in [3.63, 3.8) is 0 Å². The van der Waals surface area contributed by atoms with Crippen LogP contribution < -0.4 is 4.72 Å². The summed E-state index contributed by atoms with van der Waals surface area (Å²) in [6.45, 7) is 7.92. The number of rotatable bonds is 6.